The molecule has 0 fully saturated rings. The third-order valence-electron chi connectivity index (χ3n) is 6.76. The Morgan fingerprint density at radius 1 is 0.750 bits per heavy atom. The minimum absolute atomic E-state index is 0.0671. The predicted molar refractivity (Wildman–Crippen MR) is 146 cm³/mol. The number of hydrogen-bond acceptors (Lipinski definition) is 3. The number of ether oxygens (including phenoxy) is 2. The molecule has 1 N–H and O–H groups in total. The normalized spacial score (nSPS) is 15.1. The Balaban J connectivity index is 1.54. The average Bonchev–Trinajstić information content (AvgIpc) is 2.91. The molecule has 0 amide bonds. The first-order valence-electron chi connectivity index (χ1n) is 12.5. The molecule has 36 heavy (non-hydrogen) atoms. The molecule has 0 bridgehead atoms. The van der Waals surface area contributed by atoms with Gasteiger partial charge < -0.3 is 14.6 Å². The van der Waals surface area contributed by atoms with E-state index in [0.29, 0.717) is 19.6 Å². The highest BCUT2D eigenvalue weighted by molar-refractivity contribution is 5.87. The number of fused-ring (bicyclic) bond motifs is 1. The van der Waals surface area contributed by atoms with Crippen LogP contribution in [0.3, 0.4) is 0 Å². The van der Waals surface area contributed by atoms with E-state index < -0.39 is 5.60 Å². The summed E-state index contributed by atoms with van der Waals surface area (Å²) in [6.45, 7) is 4.74. The maximum Gasteiger partial charge on any atom is 0.127 e. The summed E-state index contributed by atoms with van der Waals surface area (Å²) in [7, 11) is 0. The van der Waals surface area contributed by atoms with Gasteiger partial charge in [0.1, 0.15) is 24.7 Å². The molecule has 1 aliphatic rings. The molecule has 0 saturated carbocycles. The highest BCUT2D eigenvalue weighted by Crippen LogP contribution is 2.44. The van der Waals surface area contributed by atoms with Gasteiger partial charge in [0.2, 0.25) is 0 Å². The Kier molecular flexibility index (Phi) is 6.92. The van der Waals surface area contributed by atoms with E-state index in [0.717, 1.165) is 44.9 Å². The van der Waals surface area contributed by atoms with Gasteiger partial charge in [-0.15, -0.1) is 0 Å². The molecule has 0 aromatic heterocycles. The highest BCUT2D eigenvalue weighted by atomic mass is 16.5. The standard InChI is InChI=1S/C33H32O3/c1-33(2,34)31-21-30-27(19-29(31)26-16-10-5-11-17-26)18-28(35-22-24-12-6-3-7-13-24)20-32(30)36-23-25-14-8-4-9-15-25/h3-20,31,34H,21-23H2,1-2H3/t31-/m0/s1. The van der Waals surface area contributed by atoms with Gasteiger partial charge in [-0.2, -0.15) is 0 Å². The fourth-order valence-corrected chi connectivity index (χ4v) is 4.80. The van der Waals surface area contributed by atoms with Crippen molar-refractivity contribution >= 4 is 11.6 Å². The monoisotopic (exact) mass is 476 g/mol. The second-order valence-electron chi connectivity index (χ2n) is 9.91. The Hall–Kier alpha value is -3.82. The minimum atomic E-state index is -0.890. The summed E-state index contributed by atoms with van der Waals surface area (Å²) >= 11 is 0. The summed E-state index contributed by atoms with van der Waals surface area (Å²) in [6, 6.07) is 34.8. The van der Waals surface area contributed by atoms with Crippen LogP contribution in [0.25, 0.3) is 11.6 Å². The Labute approximate surface area is 213 Å². The second kappa shape index (κ2) is 10.4. The van der Waals surface area contributed by atoms with Crippen LogP contribution in [0.1, 0.15) is 41.7 Å². The Morgan fingerprint density at radius 3 is 1.89 bits per heavy atom. The van der Waals surface area contributed by atoms with E-state index in [1.54, 1.807) is 0 Å². The van der Waals surface area contributed by atoms with Crippen LogP contribution in [0, 0.1) is 5.92 Å². The first kappa shape index (κ1) is 23.9. The lowest BCUT2D eigenvalue weighted by molar-refractivity contribution is 0.0406. The summed E-state index contributed by atoms with van der Waals surface area (Å²) < 4.78 is 12.6. The summed E-state index contributed by atoms with van der Waals surface area (Å²) in [4.78, 5) is 0. The quantitative estimate of drug-likeness (QED) is 0.289. The molecule has 0 aliphatic heterocycles. The van der Waals surface area contributed by atoms with Crippen LogP contribution < -0.4 is 9.47 Å². The molecule has 4 aromatic rings. The zero-order chi connectivity index (χ0) is 25.0. The molecule has 1 aliphatic carbocycles. The van der Waals surface area contributed by atoms with E-state index in [1.807, 2.05) is 74.5 Å². The first-order chi connectivity index (χ1) is 17.5. The van der Waals surface area contributed by atoms with E-state index >= 15 is 0 Å². The Morgan fingerprint density at radius 2 is 1.31 bits per heavy atom. The van der Waals surface area contributed by atoms with E-state index in [-0.39, 0.29) is 5.92 Å². The largest absolute Gasteiger partial charge is 0.489 e. The van der Waals surface area contributed by atoms with Gasteiger partial charge in [-0.25, -0.2) is 0 Å². The van der Waals surface area contributed by atoms with Gasteiger partial charge in [-0.3, -0.25) is 0 Å². The zero-order valence-electron chi connectivity index (χ0n) is 20.9. The van der Waals surface area contributed by atoms with Gasteiger partial charge in [-0.05, 0) is 54.2 Å². The molecule has 0 spiro atoms. The minimum Gasteiger partial charge on any atom is -0.489 e. The lowest BCUT2D eigenvalue weighted by Crippen LogP contribution is -2.35. The highest BCUT2D eigenvalue weighted by Gasteiger charge is 2.35. The third-order valence-corrected chi connectivity index (χ3v) is 6.76. The lowest BCUT2D eigenvalue weighted by Gasteiger charge is -2.36. The van der Waals surface area contributed by atoms with Crippen LogP contribution >= 0.6 is 0 Å². The smallest absolute Gasteiger partial charge is 0.127 e. The number of benzene rings is 4. The summed E-state index contributed by atoms with van der Waals surface area (Å²) in [5.74, 6) is 1.51. The zero-order valence-corrected chi connectivity index (χ0v) is 20.9. The van der Waals surface area contributed by atoms with Crippen LogP contribution in [0.5, 0.6) is 11.5 Å². The van der Waals surface area contributed by atoms with Crippen molar-refractivity contribution < 1.29 is 14.6 Å². The van der Waals surface area contributed by atoms with Crippen LogP contribution in [0.4, 0.5) is 0 Å². The van der Waals surface area contributed by atoms with Crippen molar-refractivity contribution in [2.24, 2.45) is 5.92 Å². The summed E-state index contributed by atoms with van der Waals surface area (Å²) in [5, 5.41) is 11.2. The van der Waals surface area contributed by atoms with Crippen molar-refractivity contribution in [2.75, 3.05) is 0 Å². The van der Waals surface area contributed by atoms with Gasteiger partial charge in [0.25, 0.3) is 0 Å². The molecule has 5 rings (SSSR count). The topological polar surface area (TPSA) is 38.7 Å². The van der Waals surface area contributed by atoms with Crippen LogP contribution in [0.15, 0.2) is 103 Å². The predicted octanol–water partition coefficient (Wildman–Crippen LogP) is 7.33. The molecule has 0 saturated heterocycles. The van der Waals surface area contributed by atoms with Crippen molar-refractivity contribution in [2.45, 2.75) is 39.1 Å². The molecule has 3 heteroatoms. The number of hydrogen-bond donors (Lipinski definition) is 1. The number of aliphatic hydroxyl groups is 1. The van der Waals surface area contributed by atoms with Crippen molar-refractivity contribution in [3.05, 3.63) is 131 Å². The molecule has 0 heterocycles. The average molecular weight is 477 g/mol. The molecule has 4 aromatic carbocycles. The van der Waals surface area contributed by atoms with E-state index in [9.17, 15) is 5.11 Å². The second-order valence-corrected chi connectivity index (χ2v) is 9.91. The van der Waals surface area contributed by atoms with Gasteiger partial charge in [0.15, 0.2) is 0 Å². The van der Waals surface area contributed by atoms with Crippen LogP contribution in [-0.4, -0.2) is 10.7 Å². The fraction of sp³-hybridized carbons (Fsp3) is 0.212. The van der Waals surface area contributed by atoms with E-state index in [1.165, 1.54) is 0 Å². The van der Waals surface area contributed by atoms with Crippen molar-refractivity contribution in [3.8, 4) is 11.5 Å². The van der Waals surface area contributed by atoms with Gasteiger partial charge in [0.05, 0.1) is 5.60 Å². The van der Waals surface area contributed by atoms with Crippen molar-refractivity contribution in [3.63, 3.8) is 0 Å². The first-order valence-corrected chi connectivity index (χ1v) is 12.5. The molecule has 182 valence electrons. The fourth-order valence-electron chi connectivity index (χ4n) is 4.80. The molecular formula is C33H32O3. The van der Waals surface area contributed by atoms with Gasteiger partial charge >= 0.3 is 0 Å². The maximum absolute atomic E-state index is 11.2. The van der Waals surface area contributed by atoms with Gasteiger partial charge in [0, 0.05) is 17.5 Å². The maximum atomic E-state index is 11.2. The third kappa shape index (κ3) is 5.53. The van der Waals surface area contributed by atoms with Crippen molar-refractivity contribution in [1.29, 1.82) is 0 Å². The van der Waals surface area contributed by atoms with Crippen molar-refractivity contribution in [1.82, 2.24) is 0 Å². The summed E-state index contributed by atoms with van der Waals surface area (Å²) in [5.41, 5.74) is 5.76. The SMILES string of the molecule is CC(C)(O)[C@H]1Cc2c(cc(OCc3ccccc3)cc2OCc2ccccc2)C=C1c1ccccc1. The number of rotatable bonds is 8. The van der Waals surface area contributed by atoms with Gasteiger partial charge in [-0.1, -0.05) is 97.1 Å². The van der Waals surface area contributed by atoms with E-state index in [2.05, 4.69) is 48.5 Å². The Bertz CT molecular complexity index is 1320. The lowest BCUT2D eigenvalue weighted by atomic mass is 9.73. The molecule has 3 nitrogen and oxygen atoms in total. The molecule has 0 unspecified atom stereocenters. The van der Waals surface area contributed by atoms with E-state index in [4.69, 9.17) is 9.47 Å². The molecule has 1 atom stereocenters. The van der Waals surface area contributed by atoms with Crippen LogP contribution in [0.2, 0.25) is 0 Å². The summed E-state index contributed by atoms with van der Waals surface area (Å²) in [6.07, 6.45) is 2.88. The van der Waals surface area contributed by atoms with Crippen LogP contribution in [-0.2, 0) is 19.6 Å². The molecule has 0 radical (unpaired) electrons. The molecular weight excluding hydrogens is 444 g/mol.